The molecule has 0 atom stereocenters. The van der Waals surface area contributed by atoms with Crippen molar-refractivity contribution >= 4 is 46.1 Å². The SMILES string of the molecule is Cc1cc(NC(=O)C(C)(C)NC(=O)c2ccc(Cl)s2)ccc1N1CCCCCO1. The van der Waals surface area contributed by atoms with Crippen molar-refractivity contribution in [2.24, 2.45) is 0 Å². The van der Waals surface area contributed by atoms with E-state index < -0.39 is 5.54 Å². The molecule has 0 spiro atoms. The fraction of sp³-hybridized carbons (Fsp3) is 0.429. The number of aryl methyl sites for hydroxylation is 1. The molecule has 1 aliphatic heterocycles. The van der Waals surface area contributed by atoms with Gasteiger partial charge in [0.1, 0.15) is 5.54 Å². The standard InChI is InChI=1S/C21H26ClN3O3S/c1-14-13-15(7-8-16(14)25-11-5-4-6-12-28-25)23-20(27)21(2,3)24-19(26)17-9-10-18(22)29-17/h7-10,13H,4-6,11-12H2,1-3H3,(H,23,27)(H,24,26). The molecule has 2 heterocycles. The predicted octanol–water partition coefficient (Wildman–Crippen LogP) is 4.78. The Balaban J connectivity index is 1.65. The van der Waals surface area contributed by atoms with Crippen LogP contribution in [0.15, 0.2) is 30.3 Å². The molecular weight excluding hydrogens is 410 g/mol. The second kappa shape index (κ2) is 9.15. The molecule has 0 aliphatic carbocycles. The summed E-state index contributed by atoms with van der Waals surface area (Å²) in [5.41, 5.74) is 1.60. The average molecular weight is 436 g/mol. The summed E-state index contributed by atoms with van der Waals surface area (Å²) >= 11 is 7.06. The monoisotopic (exact) mass is 435 g/mol. The second-order valence-corrected chi connectivity index (χ2v) is 9.35. The van der Waals surface area contributed by atoms with Gasteiger partial charge < -0.3 is 10.6 Å². The number of halogens is 1. The van der Waals surface area contributed by atoms with Gasteiger partial charge in [-0.25, -0.2) is 0 Å². The highest BCUT2D eigenvalue weighted by Gasteiger charge is 2.30. The summed E-state index contributed by atoms with van der Waals surface area (Å²) in [6.07, 6.45) is 3.34. The van der Waals surface area contributed by atoms with Crippen LogP contribution in [-0.2, 0) is 9.63 Å². The van der Waals surface area contributed by atoms with Gasteiger partial charge in [0.05, 0.1) is 21.5 Å². The van der Waals surface area contributed by atoms with Gasteiger partial charge >= 0.3 is 0 Å². The van der Waals surface area contributed by atoms with E-state index in [2.05, 4.69) is 10.6 Å². The van der Waals surface area contributed by atoms with Crippen LogP contribution in [0.2, 0.25) is 4.34 Å². The molecular formula is C21H26ClN3O3S. The summed E-state index contributed by atoms with van der Waals surface area (Å²) < 4.78 is 0.529. The number of nitrogens with one attached hydrogen (secondary N) is 2. The topological polar surface area (TPSA) is 70.7 Å². The maximum Gasteiger partial charge on any atom is 0.262 e. The summed E-state index contributed by atoms with van der Waals surface area (Å²) in [6, 6.07) is 9.02. The van der Waals surface area contributed by atoms with E-state index in [1.807, 2.05) is 30.2 Å². The molecule has 1 aromatic carbocycles. The van der Waals surface area contributed by atoms with Crippen LogP contribution in [0.5, 0.6) is 0 Å². The molecule has 2 N–H and O–H groups in total. The molecule has 2 amide bonds. The van der Waals surface area contributed by atoms with Crippen LogP contribution in [-0.4, -0.2) is 30.5 Å². The first-order chi connectivity index (χ1) is 13.8. The molecule has 0 saturated carbocycles. The first-order valence-electron chi connectivity index (χ1n) is 9.67. The highest BCUT2D eigenvalue weighted by Crippen LogP contribution is 2.26. The number of amides is 2. The van der Waals surface area contributed by atoms with Crippen molar-refractivity contribution in [1.29, 1.82) is 0 Å². The Kier molecular flexibility index (Phi) is 6.82. The lowest BCUT2D eigenvalue weighted by atomic mass is 10.0. The quantitative estimate of drug-likeness (QED) is 0.709. The van der Waals surface area contributed by atoms with E-state index in [0.29, 0.717) is 14.9 Å². The Hall–Kier alpha value is -2.09. The van der Waals surface area contributed by atoms with Gasteiger partial charge in [-0.05, 0) is 75.9 Å². The molecule has 29 heavy (non-hydrogen) atoms. The number of carbonyl (C=O) groups excluding carboxylic acids is 2. The molecule has 1 fully saturated rings. The average Bonchev–Trinajstić information content (AvgIpc) is 2.92. The smallest absolute Gasteiger partial charge is 0.262 e. The zero-order chi connectivity index (χ0) is 21.0. The second-order valence-electron chi connectivity index (χ2n) is 7.63. The summed E-state index contributed by atoms with van der Waals surface area (Å²) in [4.78, 5) is 31.4. The molecule has 0 radical (unpaired) electrons. The van der Waals surface area contributed by atoms with E-state index in [-0.39, 0.29) is 11.8 Å². The number of anilines is 2. The summed E-state index contributed by atoms with van der Waals surface area (Å²) in [5.74, 6) is -0.626. The molecule has 0 unspecified atom stereocenters. The molecule has 2 aromatic rings. The van der Waals surface area contributed by atoms with Crippen molar-refractivity contribution in [1.82, 2.24) is 5.32 Å². The van der Waals surface area contributed by atoms with Crippen LogP contribution in [0.1, 0.15) is 48.3 Å². The highest BCUT2D eigenvalue weighted by molar-refractivity contribution is 7.18. The van der Waals surface area contributed by atoms with Crippen molar-refractivity contribution in [2.45, 2.75) is 45.6 Å². The Morgan fingerprint density at radius 1 is 1.17 bits per heavy atom. The fourth-order valence-electron chi connectivity index (χ4n) is 3.10. The summed E-state index contributed by atoms with van der Waals surface area (Å²) in [6.45, 7) is 6.91. The van der Waals surface area contributed by atoms with E-state index in [1.54, 1.807) is 26.0 Å². The number of carbonyl (C=O) groups is 2. The largest absolute Gasteiger partial charge is 0.337 e. The summed E-state index contributed by atoms with van der Waals surface area (Å²) in [7, 11) is 0. The molecule has 8 heteroatoms. The van der Waals surface area contributed by atoms with E-state index in [4.69, 9.17) is 16.4 Å². The lowest BCUT2D eigenvalue weighted by Gasteiger charge is -2.26. The van der Waals surface area contributed by atoms with E-state index in [0.717, 1.165) is 37.2 Å². The van der Waals surface area contributed by atoms with Crippen molar-refractivity contribution in [2.75, 3.05) is 23.5 Å². The van der Waals surface area contributed by atoms with Gasteiger partial charge in [-0.15, -0.1) is 11.3 Å². The zero-order valence-electron chi connectivity index (χ0n) is 16.9. The molecule has 1 aliphatic rings. The third-order valence-electron chi connectivity index (χ3n) is 4.77. The van der Waals surface area contributed by atoms with E-state index in [1.165, 1.54) is 17.8 Å². The van der Waals surface area contributed by atoms with Gasteiger partial charge in [0, 0.05) is 12.2 Å². The minimum atomic E-state index is -1.09. The van der Waals surface area contributed by atoms with Crippen molar-refractivity contribution in [3.63, 3.8) is 0 Å². The van der Waals surface area contributed by atoms with Crippen LogP contribution in [0.3, 0.4) is 0 Å². The number of hydrogen-bond donors (Lipinski definition) is 2. The molecule has 3 rings (SSSR count). The lowest BCUT2D eigenvalue weighted by molar-refractivity contribution is -0.120. The van der Waals surface area contributed by atoms with Gasteiger partial charge in [-0.1, -0.05) is 11.6 Å². The van der Waals surface area contributed by atoms with Gasteiger partial charge in [-0.3, -0.25) is 19.5 Å². The normalized spacial score (nSPS) is 15.0. The van der Waals surface area contributed by atoms with Crippen LogP contribution in [0.25, 0.3) is 0 Å². The molecule has 1 aromatic heterocycles. The van der Waals surface area contributed by atoms with E-state index >= 15 is 0 Å². The van der Waals surface area contributed by atoms with Crippen LogP contribution < -0.4 is 15.7 Å². The number of rotatable bonds is 5. The lowest BCUT2D eigenvalue weighted by Crippen LogP contribution is -2.52. The first kappa shape index (κ1) is 21.6. The van der Waals surface area contributed by atoms with Gasteiger partial charge in [0.15, 0.2) is 0 Å². The molecule has 156 valence electrons. The number of nitrogens with zero attached hydrogens (tertiary/aromatic N) is 1. The van der Waals surface area contributed by atoms with Crippen LogP contribution >= 0.6 is 22.9 Å². The van der Waals surface area contributed by atoms with Crippen LogP contribution in [0, 0.1) is 6.92 Å². The molecule has 0 bridgehead atoms. The van der Waals surface area contributed by atoms with Crippen LogP contribution in [0.4, 0.5) is 11.4 Å². The van der Waals surface area contributed by atoms with Crippen molar-refractivity contribution in [3.05, 3.63) is 45.1 Å². The van der Waals surface area contributed by atoms with Crippen molar-refractivity contribution < 1.29 is 14.4 Å². The number of hydrogen-bond acceptors (Lipinski definition) is 5. The first-order valence-corrected chi connectivity index (χ1v) is 10.9. The number of hydroxylamine groups is 1. The van der Waals surface area contributed by atoms with Gasteiger partial charge in [0.2, 0.25) is 5.91 Å². The highest BCUT2D eigenvalue weighted by atomic mass is 35.5. The minimum absolute atomic E-state index is 0.299. The number of benzene rings is 1. The van der Waals surface area contributed by atoms with Crippen molar-refractivity contribution in [3.8, 4) is 0 Å². The molecule has 1 saturated heterocycles. The molecule has 6 nitrogen and oxygen atoms in total. The Morgan fingerprint density at radius 2 is 1.97 bits per heavy atom. The Bertz CT molecular complexity index is 889. The Morgan fingerprint density at radius 3 is 2.66 bits per heavy atom. The minimum Gasteiger partial charge on any atom is -0.337 e. The predicted molar refractivity (Wildman–Crippen MR) is 118 cm³/mol. The third kappa shape index (κ3) is 5.50. The Labute approximate surface area is 180 Å². The zero-order valence-corrected chi connectivity index (χ0v) is 18.5. The van der Waals surface area contributed by atoms with Gasteiger partial charge in [-0.2, -0.15) is 0 Å². The fourth-order valence-corrected chi connectivity index (χ4v) is 4.04. The van der Waals surface area contributed by atoms with Gasteiger partial charge in [0.25, 0.3) is 5.91 Å². The maximum atomic E-state index is 12.8. The maximum absolute atomic E-state index is 12.8. The van der Waals surface area contributed by atoms with E-state index in [9.17, 15) is 9.59 Å². The third-order valence-corrected chi connectivity index (χ3v) is 6.00. The number of thiophene rings is 1. The summed E-state index contributed by atoms with van der Waals surface area (Å²) in [5, 5.41) is 7.59.